The molecule has 0 saturated carbocycles. The maximum atomic E-state index is 11.9. The molecule has 0 aliphatic rings. The molecule has 6 heteroatoms. The number of nitrogens with zero attached hydrogens (tertiary/aromatic N) is 1. The van der Waals surface area contributed by atoms with Crippen molar-refractivity contribution in [1.82, 2.24) is 4.98 Å². The van der Waals surface area contributed by atoms with E-state index in [1.165, 1.54) is 11.3 Å². The van der Waals surface area contributed by atoms with Gasteiger partial charge in [-0.25, -0.2) is 4.98 Å². The first-order valence-electron chi connectivity index (χ1n) is 5.12. The summed E-state index contributed by atoms with van der Waals surface area (Å²) in [5.41, 5.74) is 0.683. The smallest absolute Gasteiger partial charge is 0.293 e. The standard InChI is InChI=1S/C12H7BrN2O2S/c13-8-1-2-9-7(5-8)6-10(17-9)11(16)15-12-14-3-4-18-12/h1-6H,(H,14,15,16). The summed E-state index contributed by atoms with van der Waals surface area (Å²) in [6.45, 7) is 0. The molecule has 18 heavy (non-hydrogen) atoms. The second kappa shape index (κ2) is 4.55. The van der Waals surface area contributed by atoms with Gasteiger partial charge in [0, 0.05) is 21.4 Å². The number of halogens is 1. The number of thiazole rings is 1. The van der Waals surface area contributed by atoms with Crippen molar-refractivity contribution >= 4 is 49.3 Å². The Morgan fingerprint density at radius 3 is 3.06 bits per heavy atom. The maximum Gasteiger partial charge on any atom is 0.293 e. The summed E-state index contributed by atoms with van der Waals surface area (Å²) >= 11 is 4.74. The molecule has 0 atom stereocenters. The second-order valence-corrected chi connectivity index (χ2v) is 5.39. The van der Waals surface area contributed by atoms with Gasteiger partial charge in [-0.3, -0.25) is 10.1 Å². The zero-order valence-corrected chi connectivity index (χ0v) is 11.4. The van der Waals surface area contributed by atoms with E-state index in [-0.39, 0.29) is 11.7 Å². The first-order chi connectivity index (χ1) is 8.72. The molecular formula is C12H7BrN2O2S. The van der Waals surface area contributed by atoms with Gasteiger partial charge in [0.1, 0.15) is 5.58 Å². The minimum atomic E-state index is -0.294. The fraction of sp³-hybridized carbons (Fsp3) is 0. The fourth-order valence-corrected chi connectivity index (χ4v) is 2.47. The zero-order chi connectivity index (χ0) is 12.5. The van der Waals surface area contributed by atoms with E-state index < -0.39 is 0 Å². The highest BCUT2D eigenvalue weighted by Crippen LogP contribution is 2.24. The van der Waals surface area contributed by atoms with Crippen LogP contribution in [0.25, 0.3) is 11.0 Å². The lowest BCUT2D eigenvalue weighted by Crippen LogP contribution is -2.10. The Bertz CT molecular complexity index is 706. The molecule has 0 radical (unpaired) electrons. The lowest BCUT2D eigenvalue weighted by molar-refractivity contribution is 0.0998. The van der Waals surface area contributed by atoms with E-state index >= 15 is 0 Å². The molecule has 1 aromatic carbocycles. The summed E-state index contributed by atoms with van der Waals surface area (Å²) in [5.74, 6) is -0.0180. The number of aromatic nitrogens is 1. The lowest BCUT2D eigenvalue weighted by atomic mass is 10.2. The molecule has 0 saturated heterocycles. The molecule has 0 spiro atoms. The Morgan fingerprint density at radius 2 is 2.28 bits per heavy atom. The Labute approximate surface area is 115 Å². The van der Waals surface area contributed by atoms with E-state index in [2.05, 4.69) is 26.2 Å². The number of rotatable bonds is 2. The van der Waals surface area contributed by atoms with Crippen LogP contribution in [-0.4, -0.2) is 10.9 Å². The molecule has 3 rings (SSSR count). The van der Waals surface area contributed by atoms with Crippen LogP contribution in [0.4, 0.5) is 5.13 Å². The third-order valence-corrected chi connectivity index (χ3v) is 3.54. The van der Waals surface area contributed by atoms with Crippen molar-refractivity contribution < 1.29 is 9.21 Å². The third-order valence-electron chi connectivity index (χ3n) is 2.35. The van der Waals surface area contributed by atoms with Gasteiger partial charge < -0.3 is 4.42 Å². The molecule has 0 aliphatic heterocycles. The van der Waals surface area contributed by atoms with Crippen molar-refractivity contribution in [3.63, 3.8) is 0 Å². The number of carbonyl (C=O) groups is 1. The van der Waals surface area contributed by atoms with Crippen LogP contribution >= 0.6 is 27.3 Å². The molecule has 0 bridgehead atoms. The summed E-state index contributed by atoms with van der Waals surface area (Å²) in [5, 5.41) is 5.91. The molecule has 0 unspecified atom stereocenters. The molecule has 1 N–H and O–H groups in total. The summed E-state index contributed by atoms with van der Waals surface area (Å²) < 4.78 is 6.42. The number of benzene rings is 1. The van der Waals surface area contributed by atoms with Gasteiger partial charge in [-0.2, -0.15) is 0 Å². The van der Waals surface area contributed by atoms with Gasteiger partial charge in [0.05, 0.1) is 0 Å². The molecule has 1 amide bonds. The number of hydrogen-bond acceptors (Lipinski definition) is 4. The number of amides is 1. The van der Waals surface area contributed by atoms with Crippen LogP contribution in [0.15, 0.2) is 44.7 Å². The molecule has 0 fully saturated rings. The van der Waals surface area contributed by atoms with Crippen molar-refractivity contribution in [3.8, 4) is 0 Å². The van der Waals surface area contributed by atoms with E-state index in [0.29, 0.717) is 10.7 Å². The van der Waals surface area contributed by atoms with Gasteiger partial charge in [-0.15, -0.1) is 11.3 Å². The van der Waals surface area contributed by atoms with Gasteiger partial charge in [0.25, 0.3) is 5.91 Å². The number of fused-ring (bicyclic) bond motifs is 1. The molecule has 0 aliphatic carbocycles. The summed E-state index contributed by atoms with van der Waals surface area (Å²) in [6, 6.07) is 7.30. The quantitative estimate of drug-likeness (QED) is 0.778. The molecule has 90 valence electrons. The van der Waals surface area contributed by atoms with Crippen molar-refractivity contribution in [3.05, 3.63) is 46.1 Å². The zero-order valence-electron chi connectivity index (χ0n) is 9.01. The van der Waals surface area contributed by atoms with Gasteiger partial charge >= 0.3 is 0 Å². The summed E-state index contributed by atoms with van der Waals surface area (Å²) in [4.78, 5) is 15.9. The first kappa shape index (κ1) is 11.4. The van der Waals surface area contributed by atoms with E-state index in [0.717, 1.165) is 9.86 Å². The van der Waals surface area contributed by atoms with Gasteiger partial charge in [-0.05, 0) is 24.3 Å². The van der Waals surface area contributed by atoms with Gasteiger partial charge in [-0.1, -0.05) is 15.9 Å². The van der Waals surface area contributed by atoms with Crippen molar-refractivity contribution in [2.24, 2.45) is 0 Å². The highest BCUT2D eigenvalue weighted by molar-refractivity contribution is 9.10. The van der Waals surface area contributed by atoms with Gasteiger partial charge in [0.15, 0.2) is 10.9 Å². The number of furan rings is 1. The van der Waals surface area contributed by atoms with Crippen LogP contribution in [0.1, 0.15) is 10.6 Å². The number of nitrogens with one attached hydrogen (secondary N) is 1. The van der Waals surface area contributed by atoms with Crippen LogP contribution < -0.4 is 5.32 Å². The van der Waals surface area contributed by atoms with Crippen molar-refractivity contribution in [2.75, 3.05) is 5.32 Å². The number of carbonyl (C=O) groups excluding carboxylic acids is 1. The molecule has 4 nitrogen and oxygen atoms in total. The van der Waals surface area contributed by atoms with Crippen LogP contribution in [0.5, 0.6) is 0 Å². The topological polar surface area (TPSA) is 55.1 Å². The lowest BCUT2D eigenvalue weighted by Gasteiger charge is -1.96. The highest BCUT2D eigenvalue weighted by atomic mass is 79.9. The normalized spacial score (nSPS) is 10.7. The largest absolute Gasteiger partial charge is 0.451 e. The second-order valence-electron chi connectivity index (χ2n) is 3.58. The first-order valence-corrected chi connectivity index (χ1v) is 6.79. The van der Waals surface area contributed by atoms with Crippen LogP contribution in [0, 0.1) is 0 Å². The van der Waals surface area contributed by atoms with Crippen LogP contribution in [0.2, 0.25) is 0 Å². The van der Waals surface area contributed by atoms with Crippen molar-refractivity contribution in [1.29, 1.82) is 0 Å². The van der Waals surface area contributed by atoms with E-state index in [1.807, 2.05) is 18.2 Å². The third kappa shape index (κ3) is 2.16. The highest BCUT2D eigenvalue weighted by Gasteiger charge is 2.13. The van der Waals surface area contributed by atoms with E-state index in [4.69, 9.17) is 4.42 Å². The van der Waals surface area contributed by atoms with Crippen molar-refractivity contribution in [2.45, 2.75) is 0 Å². The van der Waals surface area contributed by atoms with Gasteiger partial charge in [0.2, 0.25) is 0 Å². The van der Waals surface area contributed by atoms with E-state index in [9.17, 15) is 4.79 Å². The van der Waals surface area contributed by atoms with Crippen LogP contribution in [-0.2, 0) is 0 Å². The van der Waals surface area contributed by atoms with E-state index in [1.54, 1.807) is 17.6 Å². The Balaban J connectivity index is 1.92. The molecular weight excluding hydrogens is 316 g/mol. The average molecular weight is 323 g/mol. The molecule has 2 aromatic heterocycles. The summed E-state index contributed by atoms with van der Waals surface area (Å²) in [7, 11) is 0. The molecule has 3 aromatic rings. The maximum absolute atomic E-state index is 11.9. The monoisotopic (exact) mass is 322 g/mol. The number of anilines is 1. The Kier molecular flexibility index (Phi) is 2.89. The number of hydrogen-bond donors (Lipinski definition) is 1. The Morgan fingerprint density at radius 1 is 1.39 bits per heavy atom. The van der Waals surface area contributed by atoms with Crippen LogP contribution in [0.3, 0.4) is 0 Å². The predicted octanol–water partition coefficient (Wildman–Crippen LogP) is 3.90. The Hall–Kier alpha value is -1.66. The SMILES string of the molecule is O=C(Nc1nccs1)c1cc2cc(Br)ccc2o1. The average Bonchev–Trinajstić information content (AvgIpc) is 2.96. The predicted molar refractivity (Wildman–Crippen MR) is 74.0 cm³/mol. The minimum Gasteiger partial charge on any atom is -0.451 e. The minimum absolute atomic E-state index is 0.276. The fourth-order valence-electron chi connectivity index (χ4n) is 1.57. The molecule has 2 heterocycles. The summed E-state index contributed by atoms with van der Waals surface area (Å²) in [6.07, 6.45) is 1.63.